The summed E-state index contributed by atoms with van der Waals surface area (Å²) in [7, 11) is 1.32. The highest BCUT2D eigenvalue weighted by molar-refractivity contribution is 6.02. The Kier molecular flexibility index (Phi) is 4.39. The number of hydrogen-bond donors (Lipinski definition) is 1. The number of carbonyl (C=O) groups is 2. The van der Waals surface area contributed by atoms with Crippen LogP contribution in [0.5, 0.6) is 0 Å². The minimum atomic E-state index is -0.542. The van der Waals surface area contributed by atoms with Gasteiger partial charge in [-0.25, -0.2) is 9.69 Å². The van der Waals surface area contributed by atoms with Gasteiger partial charge in [-0.1, -0.05) is 36.4 Å². The molecular weight excluding hydrogens is 316 g/mol. The number of primary amides is 1. The van der Waals surface area contributed by atoms with Gasteiger partial charge in [-0.15, -0.1) is 0 Å². The van der Waals surface area contributed by atoms with Gasteiger partial charge >= 0.3 is 6.09 Å². The summed E-state index contributed by atoms with van der Waals surface area (Å²) in [5.41, 5.74) is 7.62. The molecule has 0 radical (unpaired) electrons. The number of rotatable bonds is 3. The molecule has 0 aliphatic rings. The molecule has 0 fully saturated rings. The molecule has 0 atom stereocenters. The zero-order chi connectivity index (χ0) is 18.0. The van der Waals surface area contributed by atoms with Gasteiger partial charge in [0.15, 0.2) is 0 Å². The third-order valence-electron chi connectivity index (χ3n) is 4.16. The molecular formula is C20H18N2O3. The van der Waals surface area contributed by atoms with Crippen molar-refractivity contribution in [3.8, 4) is 0 Å². The highest BCUT2D eigenvalue weighted by Crippen LogP contribution is 2.32. The van der Waals surface area contributed by atoms with Crippen LogP contribution in [0.25, 0.3) is 10.8 Å². The van der Waals surface area contributed by atoms with Crippen LogP contribution in [-0.4, -0.2) is 19.1 Å². The summed E-state index contributed by atoms with van der Waals surface area (Å²) in [4.78, 5) is 25.5. The molecule has 2 amide bonds. The van der Waals surface area contributed by atoms with E-state index < -0.39 is 12.0 Å². The minimum absolute atomic E-state index is 0.368. The summed E-state index contributed by atoms with van der Waals surface area (Å²) in [6, 6.07) is 18.6. The van der Waals surface area contributed by atoms with Crippen molar-refractivity contribution in [2.45, 2.75) is 6.92 Å². The number of fused-ring (bicyclic) bond motifs is 1. The van der Waals surface area contributed by atoms with Gasteiger partial charge in [-0.3, -0.25) is 4.79 Å². The van der Waals surface area contributed by atoms with Gasteiger partial charge in [-0.05, 0) is 47.5 Å². The lowest BCUT2D eigenvalue weighted by Crippen LogP contribution is -2.27. The van der Waals surface area contributed by atoms with Gasteiger partial charge in [0.1, 0.15) is 0 Å². The molecule has 0 spiro atoms. The first-order valence-electron chi connectivity index (χ1n) is 7.79. The number of carbonyl (C=O) groups excluding carboxylic acids is 2. The second kappa shape index (κ2) is 6.65. The Bertz CT molecular complexity index is 966. The van der Waals surface area contributed by atoms with Crippen molar-refractivity contribution in [3.05, 3.63) is 71.8 Å². The van der Waals surface area contributed by atoms with Crippen LogP contribution in [0.15, 0.2) is 60.7 Å². The highest BCUT2D eigenvalue weighted by atomic mass is 16.5. The largest absolute Gasteiger partial charge is 0.452 e. The van der Waals surface area contributed by atoms with Crippen molar-refractivity contribution in [1.29, 1.82) is 0 Å². The Morgan fingerprint density at radius 1 is 0.960 bits per heavy atom. The Morgan fingerprint density at radius 3 is 2.36 bits per heavy atom. The molecule has 0 aliphatic heterocycles. The third-order valence-corrected chi connectivity index (χ3v) is 4.16. The lowest BCUT2D eigenvalue weighted by Gasteiger charge is -2.24. The summed E-state index contributed by atoms with van der Waals surface area (Å²) in [5, 5.41) is 2.07. The number of anilines is 2. The van der Waals surface area contributed by atoms with E-state index in [1.807, 2.05) is 42.5 Å². The van der Waals surface area contributed by atoms with E-state index in [1.165, 1.54) is 12.0 Å². The lowest BCUT2D eigenvalue weighted by atomic mass is 10.0. The number of nitrogens with two attached hydrogens (primary N) is 1. The number of methoxy groups -OCH3 is 1. The van der Waals surface area contributed by atoms with E-state index in [-0.39, 0.29) is 0 Å². The average molecular weight is 334 g/mol. The summed E-state index contributed by atoms with van der Waals surface area (Å²) in [6.07, 6.45) is -0.542. The van der Waals surface area contributed by atoms with Crippen LogP contribution in [0.1, 0.15) is 15.9 Å². The molecule has 3 aromatic rings. The van der Waals surface area contributed by atoms with E-state index in [9.17, 15) is 9.59 Å². The van der Waals surface area contributed by atoms with Crippen LogP contribution in [0.4, 0.5) is 16.2 Å². The number of benzene rings is 3. The molecule has 0 heterocycles. The van der Waals surface area contributed by atoms with Crippen molar-refractivity contribution in [3.63, 3.8) is 0 Å². The molecule has 0 aliphatic carbocycles. The van der Waals surface area contributed by atoms with Crippen molar-refractivity contribution in [2.24, 2.45) is 5.73 Å². The maximum atomic E-state index is 12.5. The fourth-order valence-corrected chi connectivity index (χ4v) is 2.88. The molecule has 0 aromatic heterocycles. The molecule has 25 heavy (non-hydrogen) atoms. The molecule has 0 saturated carbocycles. The van der Waals surface area contributed by atoms with E-state index in [1.54, 1.807) is 25.1 Å². The molecule has 2 N–H and O–H groups in total. The maximum Gasteiger partial charge on any atom is 0.418 e. The van der Waals surface area contributed by atoms with E-state index in [0.717, 1.165) is 10.8 Å². The number of nitrogens with zero attached hydrogens (tertiary/aromatic N) is 1. The molecule has 0 saturated heterocycles. The predicted octanol–water partition coefficient (Wildman–Crippen LogP) is 4.15. The van der Waals surface area contributed by atoms with E-state index >= 15 is 0 Å². The normalized spacial score (nSPS) is 10.5. The molecule has 0 bridgehead atoms. The van der Waals surface area contributed by atoms with Crippen LogP contribution in [-0.2, 0) is 4.74 Å². The van der Waals surface area contributed by atoms with Gasteiger partial charge in [-0.2, -0.15) is 0 Å². The number of ether oxygens (including phenoxy) is 1. The molecule has 5 nitrogen and oxygen atoms in total. The molecule has 3 rings (SSSR count). The lowest BCUT2D eigenvalue weighted by molar-refractivity contribution is 0.0999. The Hall–Kier alpha value is -3.34. The van der Waals surface area contributed by atoms with Gasteiger partial charge < -0.3 is 10.5 Å². The zero-order valence-electron chi connectivity index (χ0n) is 14.0. The Labute approximate surface area is 145 Å². The fourth-order valence-electron chi connectivity index (χ4n) is 2.88. The van der Waals surface area contributed by atoms with E-state index in [2.05, 4.69) is 0 Å². The average Bonchev–Trinajstić information content (AvgIpc) is 2.62. The van der Waals surface area contributed by atoms with Crippen LogP contribution >= 0.6 is 0 Å². The molecule has 0 unspecified atom stereocenters. The van der Waals surface area contributed by atoms with Crippen LogP contribution < -0.4 is 10.6 Å². The van der Waals surface area contributed by atoms with Crippen molar-refractivity contribution < 1.29 is 14.3 Å². The third kappa shape index (κ3) is 3.04. The number of amides is 2. The van der Waals surface area contributed by atoms with Crippen molar-refractivity contribution in [2.75, 3.05) is 12.0 Å². The van der Waals surface area contributed by atoms with E-state index in [4.69, 9.17) is 10.5 Å². The minimum Gasteiger partial charge on any atom is -0.452 e. The first kappa shape index (κ1) is 16.5. The smallest absolute Gasteiger partial charge is 0.418 e. The van der Waals surface area contributed by atoms with E-state index in [0.29, 0.717) is 22.5 Å². The SMILES string of the molecule is COC(=O)N(c1ccc2ccccc2c1)c1cccc(C(N)=O)c1C. The fraction of sp³-hybridized carbons (Fsp3) is 0.100. The summed E-state index contributed by atoms with van der Waals surface area (Å²) >= 11 is 0. The maximum absolute atomic E-state index is 12.5. The van der Waals surface area contributed by atoms with Gasteiger partial charge in [0, 0.05) is 5.56 Å². The highest BCUT2D eigenvalue weighted by Gasteiger charge is 2.22. The van der Waals surface area contributed by atoms with Crippen LogP contribution in [0.3, 0.4) is 0 Å². The summed E-state index contributed by atoms with van der Waals surface area (Å²) in [5.74, 6) is -0.539. The van der Waals surface area contributed by atoms with Crippen LogP contribution in [0, 0.1) is 6.92 Å². The van der Waals surface area contributed by atoms with Crippen molar-refractivity contribution >= 4 is 34.1 Å². The first-order chi connectivity index (χ1) is 12.0. The quantitative estimate of drug-likeness (QED) is 0.782. The first-order valence-corrected chi connectivity index (χ1v) is 7.79. The molecule has 3 aromatic carbocycles. The topological polar surface area (TPSA) is 72.6 Å². The monoisotopic (exact) mass is 334 g/mol. The zero-order valence-corrected chi connectivity index (χ0v) is 14.0. The Balaban J connectivity index is 2.20. The van der Waals surface area contributed by atoms with Crippen molar-refractivity contribution in [1.82, 2.24) is 0 Å². The second-order valence-electron chi connectivity index (χ2n) is 5.65. The summed E-state index contributed by atoms with van der Waals surface area (Å²) in [6.45, 7) is 1.76. The molecule has 126 valence electrons. The van der Waals surface area contributed by atoms with Gasteiger partial charge in [0.2, 0.25) is 5.91 Å². The van der Waals surface area contributed by atoms with Crippen LogP contribution in [0.2, 0.25) is 0 Å². The van der Waals surface area contributed by atoms with Gasteiger partial charge in [0.25, 0.3) is 0 Å². The Morgan fingerprint density at radius 2 is 1.68 bits per heavy atom. The molecule has 5 heteroatoms. The summed E-state index contributed by atoms with van der Waals surface area (Å²) < 4.78 is 4.96. The second-order valence-corrected chi connectivity index (χ2v) is 5.65. The standard InChI is InChI=1S/C20H18N2O3/c1-13-17(19(21)23)8-5-9-18(13)22(20(24)25-2)16-11-10-14-6-3-4-7-15(14)12-16/h3-12H,1-2H3,(H2,21,23). The van der Waals surface area contributed by atoms with Gasteiger partial charge in [0.05, 0.1) is 18.5 Å². The number of hydrogen-bond acceptors (Lipinski definition) is 3. The predicted molar refractivity (Wildman–Crippen MR) is 98.2 cm³/mol.